The average molecular weight is 140 g/mol. The highest BCUT2D eigenvalue weighted by Crippen LogP contribution is 2.43. The maximum absolute atomic E-state index is 9.60. The van der Waals surface area contributed by atoms with Crippen molar-refractivity contribution in [1.82, 2.24) is 0 Å². The normalized spacial score (nSPS) is 38.6. The predicted octanol–water partition coefficient (Wildman–Crippen LogP) is 1.97. The summed E-state index contributed by atoms with van der Waals surface area (Å²) in [4.78, 5) is 0. The molecule has 1 heteroatoms. The molecule has 1 aliphatic carbocycles. The van der Waals surface area contributed by atoms with E-state index >= 15 is 0 Å². The number of hydrogen-bond acceptors (Lipinski definition) is 1. The second kappa shape index (κ2) is 2.09. The molecule has 58 valence electrons. The molecule has 1 fully saturated rings. The van der Waals surface area contributed by atoms with E-state index in [4.69, 9.17) is 0 Å². The molecule has 1 rings (SSSR count). The van der Waals surface area contributed by atoms with Crippen molar-refractivity contribution in [3.05, 3.63) is 12.2 Å². The lowest BCUT2D eigenvalue weighted by atomic mass is 9.88. The molecule has 2 unspecified atom stereocenters. The van der Waals surface area contributed by atoms with Gasteiger partial charge >= 0.3 is 0 Å². The van der Waals surface area contributed by atoms with Crippen molar-refractivity contribution in [3.63, 3.8) is 0 Å². The van der Waals surface area contributed by atoms with Crippen LogP contribution in [0.2, 0.25) is 0 Å². The number of rotatable bonds is 0. The predicted molar refractivity (Wildman–Crippen MR) is 42.7 cm³/mol. The Balaban J connectivity index is 2.81. The van der Waals surface area contributed by atoms with Crippen LogP contribution in [0.5, 0.6) is 0 Å². The highest BCUT2D eigenvalue weighted by atomic mass is 16.3. The molecule has 0 saturated heterocycles. The van der Waals surface area contributed by atoms with Crippen molar-refractivity contribution >= 4 is 0 Å². The van der Waals surface area contributed by atoms with E-state index in [-0.39, 0.29) is 11.5 Å². The van der Waals surface area contributed by atoms with Crippen LogP contribution in [0.25, 0.3) is 0 Å². The van der Waals surface area contributed by atoms with Gasteiger partial charge in [0.05, 0.1) is 6.10 Å². The maximum Gasteiger partial charge on any atom is 0.0801 e. The summed E-state index contributed by atoms with van der Waals surface area (Å²) in [6, 6.07) is 0. The zero-order chi connectivity index (χ0) is 7.94. The third kappa shape index (κ3) is 0.988. The summed E-state index contributed by atoms with van der Waals surface area (Å²) in [5.41, 5.74) is 1.06. The van der Waals surface area contributed by atoms with Crippen molar-refractivity contribution in [2.45, 2.75) is 33.3 Å². The summed E-state index contributed by atoms with van der Waals surface area (Å²) in [5, 5.41) is 9.60. The van der Waals surface area contributed by atoms with Crippen molar-refractivity contribution in [2.75, 3.05) is 0 Å². The maximum atomic E-state index is 9.60. The monoisotopic (exact) mass is 140 g/mol. The molecule has 0 aromatic heterocycles. The summed E-state index contributed by atoms with van der Waals surface area (Å²) >= 11 is 0. The van der Waals surface area contributed by atoms with Gasteiger partial charge in [-0.2, -0.15) is 0 Å². The number of hydrogen-bond donors (Lipinski definition) is 1. The van der Waals surface area contributed by atoms with E-state index in [9.17, 15) is 5.11 Å². The lowest BCUT2D eigenvalue weighted by Gasteiger charge is -2.21. The molecule has 1 saturated carbocycles. The fourth-order valence-corrected chi connectivity index (χ4v) is 1.80. The summed E-state index contributed by atoms with van der Waals surface area (Å²) in [5.74, 6) is 0.491. The largest absolute Gasteiger partial charge is 0.388 e. The molecule has 0 aromatic carbocycles. The smallest absolute Gasteiger partial charge is 0.0801 e. The minimum atomic E-state index is -0.289. The second-order valence-electron chi connectivity index (χ2n) is 4.07. The van der Waals surface area contributed by atoms with Gasteiger partial charge < -0.3 is 5.11 Å². The van der Waals surface area contributed by atoms with Crippen molar-refractivity contribution in [2.24, 2.45) is 11.3 Å². The van der Waals surface area contributed by atoms with E-state index in [1.807, 2.05) is 0 Å². The van der Waals surface area contributed by atoms with E-state index in [0.717, 1.165) is 12.0 Å². The van der Waals surface area contributed by atoms with Crippen LogP contribution >= 0.6 is 0 Å². The van der Waals surface area contributed by atoms with Gasteiger partial charge in [0.1, 0.15) is 0 Å². The Hall–Kier alpha value is -0.300. The number of aliphatic hydroxyl groups is 1. The lowest BCUT2D eigenvalue weighted by molar-refractivity contribution is 0.104. The second-order valence-corrected chi connectivity index (χ2v) is 4.07. The van der Waals surface area contributed by atoms with Crippen LogP contribution in [-0.4, -0.2) is 11.2 Å². The molecule has 2 atom stereocenters. The first-order valence-electron chi connectivity index (χ1n) is 3.82. The first kappa shape index (κ1) is 7.80. The summed E-state index contributed by atoms with van der Waals surface area (Å²) in [6.45, 7) is 10.2. The van der Waals surface area contributed by atoms with E-state index in [1.54, 1.807) is 0 Å². The van der Waals surface area contributed by atoms with Crippen LogP contribution < -0.4 is 0 Å². The van der Waals surface area contributed by atoms with Crippen LogP contribution in [0.4, 0.5) is 0 Å². The van der Waals surface area contributed by atoms with Crippen molar-refractivity contribution in [1.29, 1.82) is 0 Å². The highest BCUT2D eigenvalue weighted by molar-refractivity contribution is 5.17. The third-order valence-electron chi connectivity index (χ3n) is 2.56. The Morgan fingerprint density at radius 3 is 2.20 bits per heavy atom. The molecule has 0 radical (unpaired) electrons. The summed E-state index contributed by atoms with van der Waals surface area (Å²) in [6.07, 6.45) is 0.773. The Bertz CT molecular complexity index is 158. The highest BCUT2D eigenvalue weighted by Gasteiger charge is 2.39. The molecule has 1 N–H and O–H groups in total. The van der Waals surface area contributed by atoms with Crippen LogP contribution in [0.1, 0.15) is 27.2 Å². The SMILES string of the molecule is C=C1C(C)CC(C)(C)C1O. The molecule has 0 aliphatic heterocycles. The molecule has 0 bridgehead atoms. The van der Waals surface area contributed by atoms with Gasteiger partial charge in [-0.15, -0.1) is 0 Å². The molecule has 1 nitrogen and oxygen atoms in total. The van der Waals surface area contributed by atoms with Crippen LogP contribution in [-0.2, 0) is 0 Å². The van der Waals surface area contributed by atoms with Gasteiger partial charge in [-0.05, 0) is 23.3 Å². The van der Waals surface area contributed by atoms with Gasteiger partial charge in [0.25, 0.3) is 0 Å². The first-order valence-corrected chi connectivity index (χ1v) is 3.82. The van der Waals surface area contributed by atoms with Gasteiger partial charge in [-0.25, -0.2) is 0 Å². The summed E-state index contributed by atoms with van der Waals surface area (Å²) < 4.78 is 0. The quantitative estimate of drug-likeness (QED) is 0.510. The van der Waals surface area contributed by atoms with Crippen molar-refractivity contribution < 1.29 is 5.11 Å². The zero-order valence-electron chi connectivity index (χ0n) is 7.02. The van der Waals surface area contributed by atoms with Crippen molar-refractivity contribution in [3.8, 4) is 0 Å². The molecule has 10 heavy (non-hydrogen) atoms. The van der Waals surface area contributed by atoms with Gasteiger partial charge in [-0.1, -0.05) is 27.4 Å². The number of aliphatic hydroxyl groups excluding tert-OH is 1. The summed E-state index contributed by atoms with van der Waals surface area (Å²) in [7, 11) is 0. The Kier molecular flexibility index (Phi) is 1.63. The first-order chi connectivity index (χ1) is 4.45. The van der Waals surface area contributed by atoms with E-state index in [1.165, 1.54) is 0 Å². The van der Waals surface area contributed by atoms with Gasteiger partial charge in [0.15, 0.2) is 0 Å². The van der Waals surface area contributed by atoms with Crippen LogP contribution in [0, 0.1) is 11.3 Å². The van der Waals surface area contributed by atoms with Gasteiger partial charge in [0.2, 0.25) is 0 Å². The van der Waals surface area contributed by atoms with E-state index in [2.05, 4.69) is 27.4 Å². The zero-order valence-corrected chi connectivity index (χ0v) is 7.02. The van der Waals surface area contributed by atoms with Crippen LogP contribution in [0.3, 0.4) is 0 Å². The Morgan fingerprint density at radius 2 is 2.10 bits per heavy atom. The molecule has 1 aliphatic rings. The molecule has 0 aromatic rings. The topological polar surface area (TPSA) is 20.2 Å². The Morgan fingerprint density at radius 1 is 1.60 bits per heavy atom. The third-order valence-corrected chi connectivity index (χ3v) is 2.56. The Labute approximate surface area is 62.8 Å². The molecule has 0 spiro atoms. The van der Waals surface area contributed by atoms with E-state index < -0.39 is 0 Å². The minimum Gasteiger partial charge on any atom is -0.388 e. The molecular weight excluding hydrogens is 124 g/mol. The lowest BCUT2D eigenvalue weighted by Crippen LogP contribution is -2.22. The average Bonchev–Trinajstić information content (AvgIpc) is 1.95. The molecular formula is C9H16O. The fourth-order valence-electron chi connectivity index (χ4n) is 1.80. The standard InChI is InChI=1S/C9H16O/c1-6-5-9(3,4)8(10)7(6)2/h6,8,10H,2,5H2,1,3-4H3. The minimum absolute atomic E-state index is 0.0521. The molecule has 0 heterocycles. The van der Waals surface area contributed by atoms with Crippen LogP contribution in [0.15, 0.2) is 12.2 Å². The van der Waals surface area contributed by atoms with Gasteiger partial charge in [0, 0.05) is 0 Å². The molecule has 0 amide bonds. The van der Waals surface area contributed by atoms with Gasteiger partial charge in [-0.3, -0.25) is 0 Å². The fraction of sp³-hybridized carbons (Fsp3) is 0.778. The van der Waals surface area contributed by atoms with E-state index in [0.29, 0.717) is 5.92 Å².